The first-order valence-electron chi connectivity index (χ1n) is 6.11. The Balaban J connectivity index is 2.12. The molecule has 100 valence electrons. The second kappa shape index (κ2) is 5.93. The van der Waals surface area contributed by atoms with Gasteiger partial charge in [0.15, 0.2) is 0 Å². The van der Waals surface area contributed by atoms with Crippen LogP contribution in [0.15, 0.2) is 30.5 Å². The number of carbonyl (C=O) groups excluding carboxylic acids is 1. The van der Waals surface area contributed by atoms with Gasteiger partial charge in [0.25, 0.3) is 0 Å². The number of anilines is 1. The molecule has 1 aromatic carbocycles. The highest BCUT2D eigenvalue weighted by molar-refractivity contribution is 7.35. The minimum absolute atomic E-state index is 0.0193. The molecule has 2 rings (SSSR count). The molecule has 1 unspecified atom stereocenters. The third kappa shape index (κ3) is 3.38. The minimum Gasteiger partial charge on any atom is -0.326 e. The van der Waals surface area contributed by atoms with E-state index >= 15 is 0 Å². The lowest BCUT2D eigenvalue weighted by Gasteiger charge is -2.07. The highest BCUT2D eigenvalue weighted by atomic mass is 31.1. The number of carbonyl (C=O) groups is 1. The summed E-state index contributed by atoms with van der Waals surface area (Å²) in [5, 5.41) is 11.0. The van der Waals surface area contributed by atoms with Gasteiger partial charge in [-0.05, 0) is 18.8 Å². The fourth-order valence-corrected chi connectivity index (χ4v) is 1.90. The van der Waals surface area contributed by atoms with Crippen LogP contribution in [0.4, 0.5) is 5.69 Å². The maximum atomic E-state index is 11.6. The van der Waals surface area contributed by atoms with Crippen molar-refractivity contribution in [2.45, 2.75) is 13.8 Å². The summed E-state index contributed by atoms with van der Waals surface area (Å²) in [4.78, 5) is 11.6. The van der Waals surface area contributed by atoms with E-state index in [9.17, 15) is 4.79 Å². The molecule has 1 heterocycles. The number of hydrogen-bond donors (Lipinski definition) is 1. The normalized spacial score (nSPS) is 11.4. The summed E-state index contributed by atoms with van der Waals surface area (Å²) in [6.45, 7) is 5.78. The van der Waals surface area contributed by atoms with Gasteiger partial charge in [-0.1, -0.05) is 31.2 Å². The van der Waals surface area contributed by atoms with Crippen LogP contribution in [0.25, 0.3) is 11.3 Å². The summed E-state index contributed by atoms with van der Waals surface area (Å²) in [5.41, 5.74) is 2.63. The van der Waals surface area contributed by atoms with Crippen LogP contribution in [-0.2, 0) is 4.79 Å². The number of benzene rings is 1. The quantitative estimate of drug-likeness (QED) is 0.873. The van der Waals surface area contributed by atoms with Gasteiger partial charge in [0, 0.05) is 25.9 Å². The molecule has 0 aliphatic rings. The fraction of sp³-hybridized carbons (Fsp3) is 0.308. The number of nitrogens with one attached hydrogen (secondary N) is 1. The van der Waals surface area contributed by atoms with Crippen LogP contribution < -0.4 is 5.32 Å². The van der Waals surface area contributed by atoms with Gasteiger partial charge in [-0.25, -0.2) is 4.45 Å². The Labute approximate surface area is 114 Å². The Bertz CT molecular complexity index is 562. The van der Waals surface area contributed by atoms with Crippen LogP contribution in [0.3, 0.4) is 0 Å². The molecule has 6 heteroatoms. The van der Waals surface area contributed by atoms with Crippen molar-refractivity contribution in [3.63, 3.8) is 0 Å². The van der Waals surface area contributed by atoms with Crippen molar-refractivity contribution in [3.8, 4) is 11.3 Å². The van der Waals surface area contributed by atoms with Crippen molar-refractivity contribution in [1.29, 1.82) is 0 Å². The van der Waals surface area contributed by atoms with Crippen LogP contribution in [-0.4, -0.2) is 27.3 Å². The Morgan fingerprint density at radius 2 is 2.00 bits per heavy atom. The predicted octanol–water partition coefficient (Wildman–Crippen LogP) is 2.61. The zero-order valence-electron chi connectivity index (χ0n) is 11.2. The molecular formula is C13H17N4OP. The molecule has 1 aromatic heterocycles. The molecule has 0 saturated carbocycles. The predicted molar refractivity (Wildman–Crippen MR) is 78.6 cm³/mol. The Kier molecular flexibility index (Phi) is 4.27. The SMILES string of the molecule is CPn1cc(-c2ccc(NC(=O)C(C)C)cc2)nn1. The number of rotatable bonds is 4. The average Bonchev–Trinajstić information content (AvgIpc) is 2.88. The molecule has 0 bridgehead atoms. The topological polar surface area (TPSA) is 59.8 Å². The monoisotopic (exact) mass is 276 g/mol. The van der Waals surface area contributed by atoms with Crippen LogP contribution in [0.1, 0.15) is 13.8 Å². The van der Waals surface area contributed by atoms with Crippen LogP contribution in [0.5, 0.6) is 0 Å². The first kappa shape index (κ1) is 13.7. The molecule has 0 spiro atoms. The highest BCUT2D eigenvalue weighted by Crippen LogP contribution is 2.21. The van der Waals surface area contributed by atoms with E-state index in [1.54, 1.807) is 0 Å². The van der Waals surface area contributed by atoms with E-state index in [1.807, 2.05) is 55.4 Å². The molecule has 0 saturated heterocycles. The smallest absolute Gasteiger partial charge is 0.226 e. The molecule has 2 aromatic rings. The van der Waals surface area contributed by atoms with E-state index in [-0.39, 0.29) is 11.8 Å². The average molecular weight is 276 g/mol. The summed E-state index contributed by atoms with van der Waals surface area (Å²) < 4.78 is 1.81. The fourth-order valence-electron chi connectivity index (χ4n) is 1.52. The summed E-state index contributed by atoms with van der Waals surface area (Å²) in [6.07, 6.45) is 1.92. The summed E-state index contributed by atoms with van der Waals surface area (Å²) in [5.74, 6) is -0.00370. The Hall–Kier alpha value is -1.74. The van der Waals surface area contributed by atoms with E-state index in [1.165, 1.54) is 0 Å². The first-order valence-corrected chi connectivity index (χ1v) is 7.56. The van der Waals surface area contributed by atoms with Crippen molar-refractivity contribution in [1.82, 2.24) is 14.8 Å². The molecule has 1 N–H and O–H groups in total. The van der Waals surface area contributed by atoms with Crippen LogP contribution in [0, 0.1) is 5.92 Å². The maximum absolute atomic E-state index is 11.6. The van der Waals surface area contributed by atoms with Crippen molar-refractivity contribution in [2.24, 2.45) is 5.92 Å². The molecule has 0 fully saturated rings. The lowest BCUT2D eigenvalue weighted by Crippen LogP contribution is -2.17. The number of aromatic nitrogens is 3. The summed E-state index contributed by atoms with van der Waals surface area (Å²) in [7, 11) is 0.573. The lowest BCUT2D eigenvalue weighted by molar-refractivity contribution is -0.118. The van der Waals surface area contributed by atoms with Gasteiger partial charge < -0.3 is 5.32 Å². The van der Waals surface area contributed by atoms with Gasteiger partial charge in [0.2, 0.25) is 5.91 Å². The zero-order valence-corrected chi connectivity index (χ0v) is 12.2. The first-order chi connectivity index (χ1) is 9.10. The van der Waals surface area contributed by atoms with Crippen molar-refractivity contribution in [2.75, 3.05) is 12.0 Å². The van der Waals surface area contributed by atoms with Gasteiger partial charge in [-0.2, -0.15) is 0 Å². The van der Waals surface area contributed by atoms with E-state index in [0.717, 1.165) is 16.9 Å². The van der Waals surface area contributed by atoms with E-state index in [2.05, 4.69) is 15.6 Å². The van der Waals surface area contributed by atoms with Gasteiger partial charge in [-0.3, -0.25) is 4.79 Å². The lowest BCUT2D eigenvalue weighted by atomic mass is 10.1. The van der Waals surface area contributed by atoms with Crippen molar-refractivity contribution >= 4 is 20.3 Å². The molecule has 0 aliphatic carbocycles. The third-order valence-electron chi connectivity index (χ3n) is 2.70. The molecule has 19 heavy (non-hydrogen) atoms. The van der Waals surface area contributed by atoms with Gasteiger partial charge in [-0.15, -0.1) is 5.10 Å². The molecular weight excluding hydrogens is 259 g/mol. The second-order valence-electron chi connectivity index (χ2n) is 4.49. The summed E-state index contributed by atoms with van der Waals surface area (Å²) >= 11 is 0. The van der Waals surface area contributed by atoms with E-state index in [0.29, 0.717) is 8.73 Å². The molecule has 0 aliphatic heterocycles. The molecule has 1 atom stereocenters. The Morgan fingerprint density at radius 3 is 2.53 bits per heavy atom. The van der Waals surface area contributed by atoms with Crippen LogP contribution in [0.2, 0.25) is 0 Å². The van der Waals surface area contributed by atoms with Gasteiger partial charge in [0.05, 0.1) is 6.20 Å². The molecule has 0 radical (unpaired) electrons. The van der Waals surface area contributed by atoms with Gasteiger partial charge in [0.1, 0.15) is 5.69 Å². The van der Waals surface area contributed by atoms with E-state index < -0.39 is 0 Å². The Morgan fingerprint density at radius 1 is 1.32 bits per heavy atom. The third-order valence-corrected chi connectivity index (χ3v) is 3.37. The highest BCUT2D eigenvalue weighted by Gasteiger charge is 2.07. The maximum Gasteiger partial charge on any atom is 0.226 e. The largest absolute Gasteiger partial charge is 0.326 e. The number of nitrogens with zero attached hydrogens (tertiary/aromatic N) is 3. The molecule has 5 nitrogen and oxygen atoms in total. The van der Waals surface area contributed by atoms with E-state index in [4.69, 9.17) is 0 Å². The summed E-state index contributed by atoms with van der Waals surface area (Å²) in [6, 6.07) is 7.62. The molecule has 1 amide bonds. The van der Waals surface area contributed by atoms with Crippen molar-refractivity contribution in [3.05, 3.63) is 30.5 Å². The number of amides is 1. The second-order valence-corrected chi connectivity index (χ2v) is 5.40. The standard InChI is InChI=1S/C13H17N4OP/c1-9(2)13(18)14-11-6-4-10(5-7-11)12-8-17(19-3)16-15-12/h4-9,19H,1-3H3,(H,14,18). The van der Waals surface area contributed by atoms with Gasteiger partial charge >= 0.3 is 0 Å². The van der Waals surface area contributed by atoms with Crippen molar-refractivity contribution < 1.29 is 4.79 Å². The van der Waals surface area contributed by atoms with Crippen LogP contribution >= 0.6 is 8.73 Å². The zero-order chi connectivity index (χ0) is 13.8. The number of hydrogen-bond acceptors (Lipinski definition) is 3. The minimum atomic E-state index is -0.0230.